The molecule has 0 aromatic heterocycles. The van der Waals surface area contributed by atoms with Crippen molar-refractivity contribution in [2.24, 2.45) is 5.92 Å². The summed E-state index contributed by atoms with van der Waals surface area (Å²) in [5.74, 6) is 0.432. The second-order valence-electron chi connectivity index (χ2n) is 3.27. The fourth-order valence-electron chi connectivity index (χ4n) is 0.612. The van der Waals surface area contributed by atoms with E-state index >= 15 is 0 Å². The minimum Gasteiger partial charge on any atom is -0.350 e. The lowest BCUT2D eigenvalue weighted by Crippen LogP contribution is -2.28. The predicted octanol–water partition coefficient (Wildman–Crippen LogP) is 2.75. The van der Waals surface area contributed by atoms with Gasteiger partial charge in [0.15, 0.2) is 0 Å². The first kappa shape index (κ1) is 14.7. The molecule has 13 heavy (non-hydrogen) atoms. The van der Waals surface area contributed by atoms with Crippen LogP contribution in [0.25, 0.3) is 0 Å². The molecule has 0 spiro atoms. The molecule has 0 heterocycles. The average Bonchev–Trinajstić information content (AvgIpc) is 2.03. The van der Waals surface area contributed by atoms with Crippen LogP contribution in [0, 0.1) is 5.92 Å². The highest BCUT2D eigenvalue weighted by atomic mass is 16.1. The molecule has 0 aromatic rings. The van der Waals surface area contributed by atoms with Crippen molar-refractivity contribution in [3.63, 3.8) is 0 Å². The normalized spacial score (nSPS) is 10.2. The summed E-state index contributed by atoms with van der Waals surface area (Å²) in [4.78, 5) is 11.0. The van der Waals surface area contributed by atoms with E-state index in [0.29, 0.717) is 5.92 Å². The van der Waals surface area contributed by atoms with Crippen molar-refractivity contribution in [2.45, 2.75) is 47.6 Å². The highest BCUT2D eigenvalue weighted by Gasteiger charge is 1.96. The summed E-state index contributed by atoms with van der Waals surface area (Å²) in [6, 6.07) is 0.222. The molecule has 0 unspecified atom stereocenters. The molecule has 2 nitrogen and oxygen atoms in total. The van der Waals surface area contributed by atoms with Gasteiger partial charge in [0.25, 0.3) is 0 Å². The number of amides is 1. The molecule has 0 rings (SSSR count). The van der Waals surface area contributed by atoms with Gasteiger partial charge in [0.05, 0.1) is 0 Å². The van der Waals surface area contributed by atoms with E-state index in [4.69, 9.17) is 0 Å². The van der Waals surface area contributed by atoms with Crippen molar-refractivity contribution in [2.75, 3.05) is 0 Å². The molecule has 0 aliphatic heterocycles. The molecule has 0 aliphatic carbocycles. The van der Waals surface area contributed by atoms with Gasteiger partial charge in [-0.25, -0.2) is 0 Å². The summed E-state index contributed by atoms with van der Waals surface area (Å²) < 4.78 is 0. The Kier molecular flexibility index (Phi) is 10.5. The maximum Gasteiger partial charge on any atom is 0.243 e. The number of allylic oxidation sites excluding steroid dienone is 1. The zero-order chi connectivity index (χ0) is 10.9. The van der Waals surface area contributed by atoms with Crippen LogP contribution in [0.2, 0.25) is 0 Å². The molecule has 0 bridgehead atoms. The van der Waals surface area contributed by atoms with E-state index in [2.05, 4.69) is 5.32 Å². The van der Waals surface area contributed by atoms with Gasteiger partial charge in [-0.05, 0) is 25.8 Å². The van der Waals surface area contributed by atoms with Crippen LogP contribution in [0.1, 0.15) is 41.5 Å². The molecule has 0 atom stereocenters. The first-order chi connectivity index (χ1) is 6.02. The summed E-state index contributed by atoms with van der Waals surface area (Å²) in [6.45, 7) is 12.0. The van der Waals surface area contributed by atoms with Gasteiger partial charge in [-0.2, -0.15) is 0 Å². The van der Waals surface area contributed by atoms with E-state index in [1.54, 1.807) is 6.08 Å². The Bertz CT molecular complexity index is 148. The van der Waals surface area contributed by atoms with Gasteiger partial charge < -0.3 is 5.32 Å². The number of hydrogen-bond donors (Lipinski definition) is 1. The van der Waals surface area contributed by atoms with Crippen LogP contribution >= 0.6 is 0 Å². The fraction of sp³-hybridized carbons (Fsp3) is 0.727. The second-order valence-corrected chi connectivity index (χ2v) is 3.27. The third-order valence-corrected chi connectivity index (χ3v) is 1.06. The number of carbonyl (C=O) groups is 1. The predicted molar refractivity (Wildman–Crippen MR) is 58.6 cm³/mol. The number of carbonyl (C=O) groups excluding carboxylic acids is 1. The number of nitrogens with one attached hydrogen (secondary N) is 1. The third-order valence-electron chi connectivity index (χ3n) is 1.06. The van der Waals surface area contributed by atoms with Crippen molar-refractivity contribution in [3.05, 3.63) is 12.2 Å². The van der Waals surface area contributed by atoms with Gasteiger partial charge >= 0.3 is 0 Å². The van der Waals surface area contributed by atoms with Crippen LogP contribution in [0.15, 0.2) is 12.2 Å². The Hall–Kier alpha value is -0.790. The molecule has 0 radical (unpaired) electrons. The van der Waals surface area contributed by atoms with E-state index in [-0.39, 0.29) is 11.9 Å². The Morgan fingerprint density at radius 2 is 1.62 bits per heavy atom. The third kappa shape index (κ3) is 14.1. The van der Waals surface area contributed by atoms with Crippen molar-refractivity contribution >= 4 is 5.91 Å². The maximum absolute atomic E-state index is 11.0. The van der Waals surface area contributed by atoms with Gasteiger partial charge in [0, 0.05) is 6.04 Å². The van der Waals surface area contributed by atoms with E-state index in [0.717, 1.165) is 0 Å². The lowest BCUT2D eigenvalue weighted by Gasteiger charge is -2.04. The first-order valence-electron chi connectivity index (χ1n) is 5.01. The first-order valence-corrected chi connectivity index (χ1v) is 5.01. The Labute approximate surface area is 82.4 Å². The topological polar surface area (TPSA) is 29.1 Å². The van der Waals surface area contributed by atoms with Crippen LogP contribution < -0.4 is 5.32 Å². The molecule has 2 heteroatoms. The number of rotatable bonds is 3. The molecule has 0 saturated carbocycles. The summed E-state index contributed by atoms with van der Waals surface area (Å²) in [5.41, 5.74) is 0. The zero-order valence-corrected chi connectivity index (χ0v) is 9.72. The average molecular weight is 185 g/mol. The van der Waals surface area contributed by atoms with Crippen LogP contribution in [-0.2, 0) is 4.79 Å². The molecule has 78 valence electrons. The van der Waals surface area contributed by atoms with Gasteiger partial charge in [0.2, 0.25) is 5.91 Å². The van der Waals surface area contributed by atoms with Gasteiger partial charge in [0.1, 0.15) is 0 Å². The van der Waals surface area contributed by atoms with Crippen molar-refractivity contribution in [3.8, 4) is 0 Å². The summed E-state index contributed by atoms with van der Waals surface area (Å²) in [7, 11) is 0. The van der Waals surface area contributed by atoms with E-state index in [1.807, 2.05) is 47.6 Å². The van der Waals surface area contributed by atoms with Crippen LogP contribution in [0.5, 0.6) is 0 Å². The highest BCUT2D eigenvalue weighted by molar-refractivity contribution is 5.87. The SMILES string of the molecule is CC.CC(C)/C=C\C(=O)NC(C)C. The smallest absolute Gasteiger partial charge is 0.243 e. The minimum absolute atomic E-state index is 0.00583. The molecule has 1 amide bonds. The standard InChI is InChI=1S/C9H17NO.C2H6/c1-7(2)5-6-9(11)10-8(3)4;1-2/h5-8H,1-4H3,(H,10,11);1-2H3/b6-5-;. The van der Waals surface area contributed by atoms with Gasteiger partial charge in [-0.15, -0.1) is 0 Å². The fourth-order valence-corrected chi connectivity index (χ4v) is 0.612. The maximum atomic E-state index is 11.0. The molecule has 0 aliphatic rings. The van der Waals surface area contributed by atoms with E-state index in [9.17, 15) is 4.79 Å². The Morgan fingerprint density at radius 3 is 1.92 bits per heavy atom. The largest absolute Gasteiger partial charge is 0.350 e. The molecule has 0 saturated heterocycles. The Morgan fingerprint density at radius 1 is 1.15 bits per heavy atom. The summed E-state index contributed by atoms with van der Waals surface area (Å²) in [6.07, 6.45) is 3.47. The van der Waals surface area contributed by atoms with Crippen LogP contribution in [0.3, 0.4) is 0 Å². The van der Waals surface area contributed by atoms with E-state index < -0.39 is 0 Å². The van der Waals surface area contributed by atoms with Gasteiger partial charge in [-0.3, -0.25) is 4.79 Å². The van der Waals surface area contributed by atoms with E-state index in [1.165, 1.54) is 0 Å². The molecule has 1 N–H and O–H groups in total. The molecule has 0 fully saturated rings. The zero-order valence-electron chi connectivity index (χ0n) is 9.72. The van der Waals surface area contributed by atoms with Crippen molar-refractivity contribution in [1.82, 2.24) is 5.32 Å². The molecular formula is C11H23NO. The highest BCUT2D eigenvalue weighted by Crippen LogP contribution is 1.92. The minimum atomic E-state index is -0.00583. The van der Waals surface area contributed by atoms with Crippen LogP contribution in [-0.4, -0.2) is 11.9 Å². The summed E-state index contributed by atoms with van der Waals surface area (Å²) in [5, 5.41) is 2.77. The summed E-state index contributed by atoms with van der Waals surface area (Å²) >= 11 is 0. The molecule has 0 aromatic carbocycles. The number of hydrogen-bond acceptors (Lipinski definition) is 1. The Balaban J connectivity index is 0. The quantitative estimate of drug-likeness (QED) is 0.673. The van der Waals surface area contributed by atoms with Gasteiger partial charge in [-0.1, -0.05) is 33.8 Å². The van der Waals surface area contributed by atoms with Crippen LogP contribution in [0.4, 0.5) is 0 Å². The monoisotopic (exact) mass is 185 g/mol. The lowest BCUT2D eigenvalue weighted by molar-refractivity contribution is -0.117. The van der Waals surface area contributed by atoms with Crippen molar-refractivity contribution in [1.29, 1.82) is 0 Å². The van der Waals surface area contributed by atoms with Crippen molar-refractivity contribution < 1.29 is 4.79 Å². The molecular weight excluding hydrogens is 162 g/mol. The second kappa shape index (κ2) is 9.30. The lowest BCUT2D eigenvalue weighted by atomic mass is 10.2.